The first kappa shape index (κ1) is 23.2. The summed E-state index contributed by atoms with van der Waals surface area (Å²) in [7, 11) is 0. The summed E-state index contributed by atoms with van der Waals surface area (Å²) in [5, 5.41) is 8.84. The molecule has 0 radical (unpaired) electrons. The first-order valence-electron chi connectivity index (χ1n) is 12.4. The van der Waals surface area contributed by atoms with Gasteiger partial charge in [0, 0.05) is 35.7 Å². The second-order valence-corrected chi connectivity index (χ2v) is 8.91. The fourth-order valence-corrected chi connectivity index (χ4v) is 4.18. The topological polar surface area (TPSA) is 89.2 Å². The van der Waals surface area contributed by atoms with Crippen LogP contribution in [0.25, 0.3) is 11.3 Å². The number of furan rings is 1. The highest BCUT2D eigenvalue weighted by Crippen LogP contribution is 2.30. The Morgan fingerprint density at radius 2 is 1.83 bits per heavy atom. The summed E-state index contributed by atoms with van der Waals surface area (Å²) in [6, 6.07) is 17.9. The Hall–Kier alpha value is -3.58. The Labute approximate surface area is 206 Å². The summed E-state index contributed by atoms with van der Waals surface area (Å²) in [4.78, 5) is 25.8. The largest absolute Gasteiger partial charge is 0.490 e. The van der Waals surface area contributed by atoms with Crippen molar-refractivity contribution in [3.63, 3.8) is 0 Å². The number of nitrogens with zero attached hydrogens (tertiary/aromatic N) is 1. The predicted octanol–water partition coefficient (Wildman–Crippen LogP) is 5.40. The SMILES string of the molecule is [2H]C(c1ccccc1OC1CCC(OCC(=O)O)C1)N(C(=O)c1ccc(-c2ccco2)cc1)C(C)C. The molecule has 1 saturated carbocycles. The molecule has 184 valence electrons. The van der Waals surface area contributed by atoms with Crippen LogP contribution in [0.3, 0.4) is 0 Å². The average Bonchev–Trinajstić information content (AvgIpc) is 3.55. The van der Waals surface area contributed by atoms with Crippen molar-refractivity contribution in [2.75, 3.05) is 6.61 Å². The minimum Gasteiger partial charge on any atom is -0.490 e. The lowest BCUT2D eigenvalue weighted by atomic mass is 10.1. The molecule has 4 rings (SSSR count). The molecule has 0 saturated heterocycles. The van der Waals surface area contributed by atoms with Crippen LogP contribution in [0.1, 0.15) is 50.4 Å². The van der Waals surface area contributed by atoms with Gasteiger partial charge in [-0.25, -0.2) is 4.79 Å². The van der Waals surface area contributed by atoms with Gasteiger partial charge in [0.25, 0.3) is 5.91 Å². The van der Waals surface area contributed by atoms with Gasteiger partial charge in [0.2, 0.25) is 0 Å². The third kappa shape index (κ3) is 6.31. The van der Waals surface area contributed by atoms with Crippen LogP contribution in [-0.4, -0.2) is 46.7 Å². The van der Waals surface area contributed by atoms with Gasteiger partial charge in [-0.05, 0) is 57.0 Å². The second-order valence-electron chi connectivity index (χ2n) is 8.91. The van der Waals surface area contributed by atoms with Crippen LogP contribution in [0.2, 0.25) is 0 Å². The summed E-state index contributed by atoms with van der Waals surface area (Å²) < 4.78 is 26.1. The van der Waals surface area contributed by atoms with Gasteiger partial charge >= 0.3 is 5.97 Å². The number of aliphatic carboxylic acids is 1. The number of carbonyl (C=O) groups excluding carboxylic acids is 1. The maximum absolute atomic E-state index is 13.5. The number of amides is 1. The third-order valence-electron chi connectivity index (χ3n) is 6.00. The number of hydrogen-bond acceptors (Lipinski definition) is 5. The molecule has 1 aromatic heterocycles. The van der Waals surface area contributed by atoms with Crippen molar-refractivity contribution in [1.29, 1.82) is 0 Å². The van der Waals surface area contributed by atoms with E-state index in [0.29, 0.717) is 23.3 Å². The molecule has 1 aliphatic carbocycles. The van der Waals surface area contributed by atoms with Crippen molar-refractivity contribution in [3.05, 3.63) is 78.1 Å². The van der Waals surface area contributed by atoms with Crippen LogP contribution < -0.4 is 4.74 Å². The number of rotatable bonds is 10. The molecule has 7 heteroatoms. The van der Waals surface area contributed by atoms with Gasteiger partial charge in [-0.1, -0.05) is 30.3 Å². The van der Waals surface area contributed by atoms with E-state index in [2.05, 4.69) is 0 Å². The lowest BCUT2D eigenvalue weighted by Crippen LogP contribution is -2.36. The fraction of sp³-hybridized carbons (Fsp3) is 0.357. The van der Waals surface area contributed by atoms with Crippen molar-refractivity contribution in [3.8, 4) is 17.1 Å². The zero-order chi connectivity index (χ0) is 25.7. The Morgan fingerprint density at radius 3 is 2.51 bits per heavy atom. The van der Waals surface area contributed by atoms with Gasteiger partial charge in [0.1, 0.15) is 24.2 Å². The summed E-state index contributed by atoms with van der Waals surface area (Å²) >= 11 is 0. The van der Waals surface area contributed by atoms with Crippen LogP contribution in [0.15, 0.2) is 71.3 Å². The van der Waals surface area contributed by atoms with Crippen LogP contribution in [-0.2, 0) is 16.1 Å². The zero-order valence-corrected chi connectivity index (χ0v) is 19.9. The summed E-state index contributed by atoms with van der Waals surface area (Å²) in [5.41, 5.74) is 1.96. The van der Waals surface area contributed by atoms with Crippen LogP contribution in [0, 0.1) is 0 Å². The van der Waals surface area contributed by atoms with Crippen molar-refractivity contribution in [1.82, 2.24) is 4.90 Å². The highest BCUT2D eigenvalue weighted by molar-refractivity contribution is 5.94. The quantitative estimate of drug-likeness (QED) is 0.420. The van der Waals surface area contributed by atoms with E-state index in [1.807, 2.05) is 62.4 Å². The molecule has 35 heavy (non-hydrogen) atoms. The molecule has 0 aliphatic heterocycles. The van der Waals surface area contributed by atoms with E-state index in [4.69, 9.17) is 20.4 Å². The smallest absolute Gasteiger partial charge is 0.329 e. The molecule has 2 aromatic carbocycles. The van der Waals surface area contributed by atoms with Crippen LogP contribution >= 0.6 is 0 Å². The molecule has 0 bridgehead atoms. The number of benzene rings is 2. The number of carboxylic acid groups (broad SMARTS) is 1. The highest BCUT2D eigenvalue weighted by atomic mass is 16.5. The van der Waals surface area contributed by atoms with E-state index < -0.39 is 12.5 Å². The van der Waals surface area contributed by atoms with Crippen LogP contribution in [0.4, 0.5) is 0 Å². The summed E-state index contributed by atoms with van der Waals surface area (Å²) in [5.74, 6) is 0.0410. The van der Waals surface area contributed by atoms with Gasteiger partial charge in [-0.3, -0.25) is 4.79 Å². The molecule has 1 N–H and O–H groups in total. The number of carboxylic acids is 1. The molecular weight excluding hydrogens is 446 g/mol. The minimum atomic E-state index is -0.990. The maximum atomic E-state index is 13.5. The highest BCUT2D eigenvalue weighted by Gasteiger charge is 2.28. The zero-order valence-electron chi connectivity index (χ0n) is 20.9. The van der Waals surface area contributed by atoms with Gasteiger partial charge < -0.3 is 23.9 Å². The van der Waals surface area contributed by atoms with Crippen molar-refractivity contribution in [2.45, 2.75) is 57.9 Å². The number of hydrogen-bond donors (Lipinski definition) is 1. The van der Waals surface area contributed by atoms with E-state index in [1.165, 1.54) is 4.90 Å². The minimum absolute atomic E-state index is 0.144. The first-order chi connectivity index (χ1) is 17.3. The Morgan fingerprint density at radius 1 is 1.09 bits per heavy atom. The summed E-state index contributed by atoms with van der Waals surface area (Å²) in [6.07, 6.45) is 3.33. The van der Waals surface area contributed by atoms with Gasteiger partial charge in [-0.2, -0.15) is 0 Å². The molecule has 1 fully saturated rings. The molecule has 1 heterocycles. The van der Waals surface area contributed by atoms with E-state index >= 15 is 0 Å². The molecule has 1 amide bonds. The molecule has 3 unspecified atom stereocenters. The Bertz CT molecular complexity index is 1160. The number of carbonyl (C=O) groups is 2. The van der Waals surface area contributed by atoms with Gasteiger partial charge in [0.15, 0.2) is 0 Å². The van der Waals surface area contributed by atoms with Gasteiger partial charge in [-0.15, -0.1) is 0 Å². The molecule has 7 nitrogen and oxygen atoms in total. The standard InChI is InChI=1S/C28H31NO6/c1-19(2)29(28(32)21-11-9-20(10-12-21)25-8-5-15-33-25)17-22-6-3-4-7-26(22)35-24-14-13-23(16-24)34-18-27(30)31/h3-12,15,19,23-24H,13-14,16-18H2,1-2H3,(H,30,31)/i17D. The Kier molecular flexibility index (Phi) is 7.44. The van der Waals surface area contributed by atoms with Crippen molar-refractivity contribution in [2.24, 2.45) is 0 Å². The van der Waals surface area contributed by atoms with Gasteiger partial charge in [0.05, 0.1) is 13.7 Å². The van der Waals surface area contributed by atoms with E-state index in [0.717, 1.165) is 24.2 Å². The first-order valence-corrected chi connectivity index (χ1v) is 11.8. The molecule has 3 atom stereocenters. The lowest BCUT2D eigenvalue weighted by Gasteiger charge is -2.28. The molecule has 3 aromatic rings. The molecular formula is C28H31NO6. The van der Waals surface area contributed by atoms with E-state index in [1.54, 1.807) is 18.4 Å². The maximum Gasteiger partial charge on any atom is 0.329 e. The van der Waals surface area contributed by atoms with Crippen molar-refractivity contribution < 1.29 is 30.0 Å². The fourth-order valence-electron chi connectivity index (χ4n) is 4.18. The van der Waals surface area contributed by atoms with E-state index in [-0.39, 0.29) is 30.8 Å². The Balaban J connectivity index is 1.49. The number of para-hydroxylation sites is 1. The van der Waals surface area contributed by atoms with Crippen LogP contribution in [0.5, 0.6) is 5.75 Å². The second kappa shape index (κ2) is 11.2. The normalized spacial score (nSPS) is 18.8. The monoisotopic (exact) mass is 478 g/mol. The lowest BCUT2D eigenvalue weighted by molar-refractivity contribution is -0.144. The molecule has 0 spiro atoms. The molecule has 1 aliphatic rings. The average molecular weight is 479 g/mol. The summed E-state index contributed by atoms with van der Waals surface area (Å²) in [6.45, 7) is 2.48. The van der Waals surface area contributed by atoms with E-state index in [9.17, 15) is 9.59 Å². The van der Waals surface area contributed by atoms with Crippen molar-refractivity contribution >= 4 is 11.9 Å². The third-order valence-corrected chi connectivity index (χ3v) is 6.00. The predicted molar refractivity (Wildman–Crippen MR) is 131 cm³/mol. The number of ether oxygens (including phenoxy) is 2.